The maximum Gasteiger partial charge on any atom is 0.0631 e. The molecule has 0 bridgehead atoms. The molecule has 16 heavy (non-hydrogen) atoms. The third kappa shape index (κ3) is 5.29. The van der Waals surface area contributed by atoms with Crippen LogP contribution in [0, 0.1) is 0 Å². The molecule has 0 amide bonds. The standard InChI is InChI=1S/C14H23NO/c1-14(2,16)11-13-8-6-12(7-9-13)5-3-4-10-15/h6-9,16H,3-5,10-11,15H2,1-2H3. The van der Waals surface area contributed by atoms with Gasteiger partial charge in [0.1, 0.15) is 0 Å². The van der Waals surface area contributed by atoms with E-state index in [1.165, 1.54) is 11.1 Å². The van der Waals surface area contributed by atoms with Gasteiger partial charge in [-0.25, -0.2) is 0 Å². The van der Waals surface area contributed by atoms with Crippen molar-refractivity contribution in [2.45, 2.75) is 45.1 Å². The Morgan fingerprint density at radius 3 is 2.12 bits per heavy atom. The van der Waals surface area contributed by atoms with Crippen molar-refractivity contribution >= 4 is 0 Å². The van der Waals surface area contributed by atoms with Gasteiger partial charge in [-0.2, -0.15) is 0 Å². The van der Waals surface area contributed by atoms with Gasteiger partial charge in [-0.15, -0.1) is 0 Å². The highest BCUT2D eigenvalue weighted by Gasteiger charge is 2.12. The fourth-order valence-corrected chi connectivity index (χ4v) is 1.80. The van der Waals surface area contributed by atoms with Crippen LogP contribution >= 0.6 is 0 Å². The van der Waals surface area contributed by atoms with Gasteiger partial charge < -0.3 is 10.8 Å². The molecule has 0 radical (unpaired) electrons. The van der Waals surface area contributed by atoms with Crippen LogP contribution in [0.4, 0.5) is 0 Å². The number of hydrogen-bond donors (Lipinski definition) is 2. The van der Waals surface area contributed by atoms with Gasteiger partial charge in [-0.3, -0.25) is 0 Å². The highest BCUT2D eigenvalue weighted by molar-refractivity contribution is 5.23. The summed E-state index contributed by atoms with van der Waals surface area (Å²) in [5, 5.41) is 9.70. The van der Waals surface area contributed by atoms with Crippen molar-refractivity contribution in [3.63, 3.8) is 0 Å². The summed E-state index contributed by atoms with van der Waals surface area (Å²) in [5.74, 6) is 0. The Hall–Kier alpha value is -0.860. The lowest BCUT2D eigenvalue weighted by Gasteiger charge is -2.17. The molecule has 0 saturated heterocycles. The Labute approximate surface area is 98.5 Å². The van der Waals surface area contributed by atoms with E-state index in [-0.39, 0.29) is 0 Å². The minimum Gasteiger partial charge on any atom is -0.390 e. The van der Waals surface area contributed by atoms with E-state index in [4.69, 9.17) is 5.73 Å². The monoisotopic (exact) mass is 221 g/mol. The first-order valence-electron chi connectivity index (χ1n) is 6.01. The van der Waals surface area contributed by atoms with E-state index < -0.39 is 5.60 Å². The molecular weight excluding hydrogens is 198 g/mol. The van der Waals surface area contributed by atoms with Crippen LogP contribution in [-0.4, -0.2) is 17.3 Å². The molecule has 3 N–H and O–H groups in total. The third-order valence-electron chi connectivity index (χ3n) is 2.58. The minimum atomic E-state index is -0.624. The summed E-state index contributed by atoms with van der Waals surface area (Å²) >= 11 is 0. The summed E-state index contributed by atoms with van der Waals surface area (Å²) in [6, 6.07) is 8.51. The second-order valence-electron chi connectivity index (χ2n) is 5.05. The Kier molecular flexibility index (Phi) is 4.97. The number of hydrogen-bond acceptors (Lipinski definition) is 2. The zero-order valence-electron chi connectivity index (χ0n) is 10.4. The molecule has 0 aliphatic heterocycles. The van der Waals surface area contributed by atoms with Crippen LogP contribution in [0.3, 0.4) is 0 Å². The quantitative estimate of drug-likeness (QED) is 0.724. The Morgan fingerprint density at radius 2 is 1.62 bits per heavy atom. The number of aryl methyl sites for hydroxylation is 1. The van der Waals surface area contributed by atoms with Gasteiger partial charge in [0, 0.05) is 6.42 Å². The number of nitrogens with two attached hydrogens (primary N) is 1. The summed E-state index contributed by atoms with van der Waals surface area (Å²) < 4.78 is 0. The summed E-state index contributed by atoms with van der Waals surface area (Å²) in [6.45, 7) is 4.45. The zero-order valence-corrected chi connectivity index (χ0v) is 10.4. The van der Waals surface area contributed by atoms with Crippen molar-refractivity contribution in [1.82, 2.24) is 0 Å². The number of unbranched alkanes of at least 4 members (excludes halogenated alkanes) is 1. The highest BCUT2D eigenvalue weighted by Crippen LogP contribution is 2.14. The molecule has 1 rings (SSSR count). The van der Waals surface area contributed by atoms with E-state index in [1.54, 1.807) is 0 Å². The molecule has 0 atom stereocenters. The van der Waals surface area contributed by atoms with E-state index >= 15 is 0 Å². The molecule has 0 fully saturated rings. The fourth-order valence-electron chi connectivity index (χ4n) is 1.80. The molecule has 2 nitrogen and oxygen atoms in total. The first kappa shape index (κ1) is 13.2. The Morgan fingerprint density at radius 1 is 1.06 bits per heavy atom. The van der Waals surface area contributed by atoms with E-state index in [2.05, 4.69) is 24.3 Å². The molecule has 1 aromatic rings. The lowest BCUT2D eigenvalue weighted by atomic mass is 9.97. The molecule has 0 aliphatic rings. The van der Waals surface area contributed by atoms with Gasteiger partial charge in [-0.05, 0) is 50.8 Å². The van der Waals surface area contributed by atoms with Crippen molar-refractivity contribution in [1.29, 1.82) is 0 Å². The van der Waals surface area contributed by atoms with Crippen LogP contribution in [0.25, 0.3) is 0 Å². The Balaban J connectivity index is 2.48. The topological polar surface area (TPSA) is 46.2 Å². The van der Waals surface area contributed by atoms with Crippen LogP contribution in [0.5, 0.6) is 0 Å². The molecule has 90 valence electrons. The van der Waals surface area contributed by atoms with Crippen molar-refractivity contribution in [2.75, 3.05) is 6.54 Å². The molecule has 0 aliphatic carbocycles. The van der Waals surface area contributed by atoms with Crippen LogP contribution in [0.15, 0.2) is 24.3 Å². The average Bonchev–Trinajstić information content (AvgIpc) is 2.19. The molecule has 0 heterocycles. The highest BCUT2D eigenvalue weighted by atomic mass is 16.3. The summed E-state index contributed by atoms with van der Waals surface area (Å²) in [4.78, 5) is 0. The van der Waals surface area contributed by atoms with Crippen LogP contribution in [-0.2, 0) is 12.8 Å². The van der Waals surface area contributed by atoms with E-state index in [1.807, 2.05) is 13.8 Å². The van der Waals surface area contributed by atoms with Gasteiger partial charge in [0.05, 0.1) is 5.60 Å². The maximum absolute atomic E-state index is 9.70. The lowest BCUT2D eigenvalue weighted by Crippen LogP contribution is -2.21. The van der Waals surface area contributed by atoms with Gasteiger partial charge in [0.2, 0.25) is 0 Å². The van der Waals surface area contributed by atoms with Gasteiger partial charge in [-0.1, -0.05) is 24.3 Å². The summed E-state index contributed by atoms with van der Waals surface area (Å²) in [5.41, 5.74) is 7.38. The molecule has 1 aromatic carbocycles. The molecule has 0 spiro atoms. The largest absolute Gasteiger partial charge is 0.390 e. The van der Waals surface area contributed by atoms with Gasteiger partial charge in [0.15, 0.2) is 0 Å². The number of aliphatic hydroxyl groups is 1. The molecule has 0 saturated carbocycles. The minimum absolute atomic E-state index is 0.624. The normalized spacial score (nSPS) is 11.8. The predicted octanol–water partition coefficient (Wildman–Crippen LogP) is 2.28. The Bertz CT molecular complexity index is 298. The zero-order chi connectivity index (χ0) is 12.0. The van der Waals surface area contributed by atoms with Gasteiger partial charge in [0.25, 0.3) is 0 Å². The van der Waals surface area contributed by atoms with Crippen molar-refractivity contribution in [3.05, 3.63) is 35.4 Å². The average molecular weight is 221 g/mol. The van der Waals surface area contributed by atoms with E-state index in [0.29, 0.717) is 6.42 Å². The molecule has 0 unspecified atom stereocenters. The van der Waals surface area contributed by atoms with Crippen molar-refractivity contribution < 1.29 is 5.11 Å². The third-order valence-corrected chi connectivity index (χ3v) is 2.58. The number of benzene rings is 1. The summed E-state index contributed by atoms with van der Waals surface area (Å²) in [6.07, 6.45) is 4.04. The maximum atomic E-state index is 9.70. The molecular formula is C14H23NO. The summed E-state index contributed by atoms with van der Waals surface area (Å²) in [7, 11) is 0. The van der Waals surface area contributed by atoms with Crippen LogP contribution in [0.1, 0.15) is 37.8 Å². The smallest absolute Gasteiger partial charge is 0.0631 e. The van der Waals surface area contributed by atoms with Crippen molar-refractivity contribution in [2.24, 2.45) is 5.73 Å². The second kappa shape index (κ2) is 6.02. The first-order chi connectivity index (χ1) is 7.51. The second-order valence-corrected chi connectivity index (χ2v) is 5.05. The first-order valence-corrected chi connectivity index (χ1v) is 6.01. The SMILES string of the molecule is CC(C)(O)Cc1ccc(CCCCN)cc1. The van der Waals surface area contributed by atoms with E-state index in [9.17, 15) is 5.11 Å². The predicted molar refractivity (Wildman–Crippen MR) is 68.4 cm³/mol. The van der Waals surface area contributed by atoms with Crippen molar-refractivity contribution in [3.8, 4) is 0 Å². The van der Waals surface area contributed by atoms with Gasteiger partial charge >= 0.3 is 0 Å². The van der Waals surface area contributed by atoms with Crippen LogP contribution in [0.2, 0.25) is 0 Å². The fraction of sp³-hybridized carbons (Fsp3) is 0.571. The van der Waals surface area contributed by atoms with E-state index in [0.717, 1.165) is 25.8 Å². The lowest BCUT2D eigenvalue weighted by molar-refractivity contribution is 0.0810. The molecule has 0 aromatic heterocycles. The number of rotatable bonds is 6. The molecule has 2 heteroatoms. The van der Waals surface area contributed by atoms with Crippen LogP contribution < -0.4 is 5.73 Å².